The number of rotatable bonds is 3. The summed E-state index contributed by atoms with van der Waals surface area (Å²) < 4.78 is 21.1. The van der Waals surface area contributed by atoms with Gasteiger partial charge in [-0.1, -0.05) is 12.1 Å². The molecule has 0 radical (unpaired) electrons. The average molecular weight is 358 g/mol. The van der Waals surface area contributed by atoms with Gasteiger partial charge in [-0.3, -0.25) is 9.59 Å². The van der Waals surface area contributed by atoms with Crippen LogP contribution in [0.1, 0.15) is 28.2 Å². The number of amides is 2. The molecule has 1 aromatic carbocycles. The zero-order valence-electron chi connectivity index (χ0n) is 14.2. The molecule has 1 unspecified atom stereocenters. The number of hydrogen-bond donors (Lipinski definition) is 1. The molecule has 2 aromatic rings. The summed E-state index contributed by atoms with van der Waals surface area (Å²) in [6.45, 7) is 0.717. The first-order valence-electron chi connectivity index (χ1n) is 8.62. The number of aromatic nitrogens is 2. The number of halogens is 1. The Balaban J connectivity index is 1.69. The molecule has 1 fully saturated rings. The number of hydrogen-bond acceptors (Lipinski definition) is 4. The fourth-order valence-corrected chi connectivity index (χ4v) is 3.59. The standard InChI is InChI=1S/C18H19FN4O3/c19-12-5-1-2-6-14(12)23-13-7-3-4-11(13)16(21-23)18(25)22-8-9-26-15(10-22)17(20)24/h1-2,5-6,15H,3-4,7-10H2,(H2,20,24). The number of primary amides is 1. The van der Waals surface area contributed by atoms with Crippen LogP contribution in [0, 0.1) is 5.82 Å². The van der Waals surface area contributed by atoms with Crippen molar-refractivity contribution in [2.45, 2.75) is 25.4 Å². The molecular weight excluding hydrogens is 339 g/mol. The second-order valence-corrected chi connectivity index (χ2v) is 6.50. The van der Waals surface area contributed by atoms with Crippen LogP contribution in [-0.2, 0) is 22.4 Å². The van der Waals surface area contributed by atoms with Crippen molar-refractivity contribution in [1.29, 1.82) is 0 Å². The fraction of sp³-hybridized carbons (Fsp3) is 0.389. The van der Waals surface area contributed by atoms with E-state index < -0.39 is 12.0 Å². The molecule has 1 aliphatic carbocycles. The highest BCUT2D eigenvalue weighted by Gasteiger charge is 2.33. The lowest BCUT2D eigenvalue weighted by molar-refractivity contribution is -0.133. The monoisotopic (exact) mass is 358 g/mol. The summed E-state index contributed by atoms with van der Waals surface area (Å²) in [4.78, 5) is 25.9. The lowest BCUT2D eigenvalue weighted by atomic mass is 10.1. The topological polar surface area (TPSA) is 90.5 Å². The van der Waals surface area contributed by atoms with Gasteiger partial charge in [0.05, 0.1) is 13.2 Å². The Labute approximate surface area is 149 Å². The van der Waals surface area contributed by atoms with Gasteiger partial charge >= 0.3 is 0 Å². The summed E-state index contributed by atoms with van der Waals surface area (Å²) in [5, 5.41) is 4.44. The van der Waals surface area contributed by atoms with Crippen molar-refractivity contribution in [3.63, 3.8) is 0 Å². The van der Waals surface area contributed by atoms with E-state index in [1.54, 1.807) is 18.2 Å². The van der Waals surface area contributed by atoms with Crippen LogP contribution in [0.25, 0.3) is 5.69 Å². The summed E-state index contributed by atoms with van der Waals surface area (Å²) in [5.74, 6) is -1.25. The molecule has 0 spiro atoms. The van der Waals surface area contributed by atoms with Crippen molar-refractivity contribution in [3.8, 4) is 5.69 Å². The normalized spacial score (nSPS) is 19.4. The number of carbonyl (C=O) groups is 2. The van der Waals surface area contributed by atoms with Crippen LogP contribution in [0.2, 0.25) is 0 Å². The van der Waals surface area contributed by atoms with E-state index in [0.29, 0.717) is 17.9 Å². The Morgan fingerprint density at radius 2 is 2.08 bits per heavy atom. The van der Waals surface area contributed by atoms with Gasteiger partial charge in [0, 0.05) is 17.8 Å². The average Bonchev–Trinajstić information content (AvgIpc) is 3.24. The molecular formula is C18H19FN4O3. The maximum absolute atomic E-state index is 14.2. The number of fused-ring (bicyclic) bond motifs is 1. The third kappa shape index (κ3) is 2.76. The highest BCUT2D eigenvalue weighted by molar-refractivity contribution is 5.95. The summed E-state index contributed by atoms with van der Waals surface area (Å²) in [6.07, 6.45) is 1.56. The summed E-state index contributed by atoms with van der Waals surface area (Å²) in [7, 11) is 0. The highest BCUT2D eigenvalue weighted by atomic mass is 19.1. The minimum absolute atomic E-state index is 0.107. The Morgan fingerprint density at radius 1 is 1.27 bits per heavy atom. The molecule has 136 valence electrons. The quantitative estimate of drug-likeness (QED) is 0.880. The molecule has 1 aliphatic heterocycles. The summed E-state index contributed by atoms with van der Waals surface area (Å²) in [6, 6.07) is 6.38. The number of morpholine rings is 1. The molecule has 26 heavy (non-hydrogen) atoms. The predicted molar refractivity (Wildman–Crippen MR) is 90.4 cm³/mol. The van der Waals surface area contributed by atoms with Crippen LogP contribution >= 0.6 is 0 Å². The van der Waals surface area contributed by atoms with Crippen LogP contribution in [0.3, 0.4) is 0 Å². The van der Waals surface area contributed by atoms with E-state index in [2.05, 4.69) is 5.10 Å². The van der Waals surface area contributed by atoms with E-state index in [-0.39, 0.29) is 24.9 Å². The van der Waals surface area contributed by atoms with E-state index in [0.717, 1.165) is 30.5 Å². The maximum Gasteiger partial charge on any atom is 0.274 e. The molecule has 2 N–H and O–H groups in total. The van der Waals surface area contributed by atoms with Crippen LogP contribution in [0.5, 0.6) is 0 Å². The number of nitrogens with two attached hydrogens (primary N) is 1. The third-order valence-electron chi connectivity index (χ3n) is 4.88. The van der Waals surface area contributed by atoms with Gasteiger partial charge in [0.15, 0.2) is 11.8 Å². The van der Waals surface area contributed by atoms with Crippen molar-refractivity contribution in [2.24, 2.45) is 5.73 Å². The first-order valence-corrected chi connectivity index (χ1v) is 8.62. The first kappa shape index (κ1) is 16.7. The maximum atomic E-state index is 14.2. The Morgan fingerprint density at radius 3 is 2.85 bits per heavy atom. The number of para-hydroxylation sites is 1. The van der Waals surface area contributed by atoms with Crippen LogP contribution in [-0.4, -0.2) is 52.3 Å². The second kappa shape index (κ2) is 6.53. The third-order valence-corrected chi connectivity index (χ3v) is 4.88. The molecule has 4 rings (SSSR count). The van der Waals surface area contributed by atoms with E-state index in [1.807, 2.05) is 0 Å². The molecule has 0 saturated carbocycles. The van der Waals surface area contributed by atoms with Gasteiger partial charge in [0.1, 0.15) is 11.5 Å². The lowest BCUT2D eigenvalue weighted by Crippen LogP contribution is -2.50. The van der Waals surface area contributed by atoms with Crippen molar-refractivity contribution in [2.75, 3.05) is 19.7 Å². The summed E-state index contributed by atoms with van der Waals surface area (Å²) in [5.41, 5.74) is 7.69. The van der Waals surface area contributed by atoms with Gasteiger partial charge in [-0.2, -0.15) is 5.10 Å². The molecule has 7 nitrogen and oxygen atoms in total. The molecule has 0 bridgehead atoms. The Bertz CT molecular complexity index is 879. The zero-order valence-corrected chi connectivity index (χ0v) is 14.2. The minimum Gasteiger partial charge on any atom is -0.367 e. The van der Waals surface area contributed by atoms with E-state index in [1.165, 1.54) is 15.6 Å². The van der Waals surface area contributed by atoms with Crippen molar-refractivity contribution >= 4 is 11.8 Å². The van der Waals surface area contributed by atoms with Crippen LogP contribution in [0.4, 0.5) is 4.39 Å². The summed E-state index contributed by atoms with van der Waals surface area (Å²) >= 11 is 0. The van der Waals surface area contributed by atoms with Crippen molar-refractivity contribution < 1.29 is 18.7 Å². The van der Waals surface area contributed by atoms with E-state index in [9.17, 15) is 14.0 Å². The first-order chi connectivity index (χ1) is 12.6. The van der Waals surface area contributed by atoms with Gasteiger partial charge in [-0.15, -0.1) is 0 Å². The highest BCUT2D eigenvalue weighted by Crippen LogP contribution is 2.29. The van der Waals surface area contributed by atoms with E-state index >= 15 is 0 Å². The predicted octanol–water partition coefficient (Wildman–Crippen LogP) is 0.826. The second-order valence-electron chi connectivity index (χ2n) is 6.50. The molecule has 1 aromatic heterocycles. The van der Waals surface area contributed by atoms with Gasteiger partial charge in [-0.25, -0.2) is 9.07 Å². The number of carbonyl (C=O) groups excluding carboxylic acids is 2. The molecule has 2 heterocycles. The van der Waals surface area contributed by atoms with Crippen LogP contribution < -0.4 is 5.73 Å². The number of ether oxygens (including phenoxy) is 1. The smallest absolute Gasteiger partial charge is 0.274 e. The van der Waals surface area contributed by atoms with Crippen molar-refractivity contribution in [1.82, 2.24) is 14.7 Å². The molecule has 2 amide bonds. The molecule has 2 aliphatic rings. The Kier molecular flexibility index (Phi) is 4.20. The van der Waals surface area contributed by atoms with Crippen LogP contribution in [0.15, 0.2) is 24.3 Å². The van der Waals surface area contributed by atoms with E-state index in [4.69, 9.17) is 10.5 Å². The molecule has 8 heteroatoms. The Hall–Kier alpha value is -2.74. The molecule has 1 saturated heterocycles. The SMILES string of the molecule is NC(=O)C1CN(C(=O)c2nn(-c3ccccc3F)c3c2CCC3)CCO1. The largest absolute Gasteiger partial charge is 0.367 e. The molecule has 1 atom stereocenters. The fourth-order valence-electron chi connectivity index (χ4n) is 3.59. The van der Waals surface area contributed by atoms with Crippen molar-refractivity contribution in [3.05, 3.63) is 47.0 Å². The van der Waals surface area contributed by atoms with Gasteiger partial charge < -0.3 is 15.4 Å². The van der Waals surface area contributed by atoms with Gasteiger partial charge in [-0.05, 0) is 31.4 Å². The number of nitrogens with zero attached hydrogens (tertiary/aromatic N) is 3. The van der Waals surface area contributed by atoms with Gasteiger partial charge in [0.25, 0.3) is 5.91 Å². The lowest BCUT2D eigenvalue weighted by Gasteiger charge is -2.31. The zero-order chi connectivity index (χ0) is 18.3. The van der Waals surface area contributed by atoms with Gasteiger partial charge in [0.2, 0.25) is 5.91 Å². The number of benzene rings is 1. The minimum atomic E-state index is -0.811.